The molecule has 0 bridgehead atoms. The molecule has 0 amide bonds. The number of carbonyl (C=O) groups is 1. The number of ether oxygens (including phenoxy) is 1. The summed E-state index contributed by atoms with van der Waals surface area (Å²) >= 11 is 14.3. The molecule has 5 nitrogen and oxygen atoms in total. The fourth-order valence-electron chi connectivity index (χ4n) is 3.53. The smallest absolute Gasteiger partial charge is 0.309 e. The molecule has 3 aromatic rings. The average Bonchev–Trinajstić information content (AvgIpc) is 3.09. The highest BCUT2D eigenvalue weighted by molar-refractivity contribution is 7.99. The van der Waals surface area contributed by atoms with E-state index >= 15 is 0 Å². The Kier molecular flexibility index (Phi) is 6.11. The third-order valence-electron chi connectivity index (χ3n) is 4.85. The highest BCUT2D eigenvalue weighted by Gasteiger charge is 2.36. The molecule has 2 heterocycles. The Labute approximate surface area is 188 Å². The third-order valence-corrected chi connectivity index (χ3v) is 6.52. The molecule has 30 heavy (non-hydrogen) atoms. The van der Waals surface area contributed by atoms with Crippen molar-refractivity contribution in [3.8, 4) is 22.5 Å². The normalized spacial score (nSPS) is 21.5. The van der Waals surface area contributed by atoms with E-state index in [1.54, 1.807) is 6.92 Å². The minimum atomic E-state index is -1.05. The van der Waals surface area contributed by atoms with Crippen molar-refractivity contribution in [3.05, 3.63) is 58.6 Å². The first kappa shape index (κ1) is 21.2. The molecule has 0 radical (unpaired) electrons. The zero-order valence-corrected chi connectivity index (χ0v) is 18.5. The second-order valence-corrected chi connectivity index (χ2v) is 9.35. The van der Waals surface area contributed by atoms with E-state index in [-0.39, 0.29) is 18.5 Å². The number of imidazole rings is 1. The summed E-state index contributed by atoms with van der Waals surface area (Å²) in [5, 5.41) is 12.1. The van der Waals surface area contributed by atoms with Gasteiger partial charge < -0.3 is 14.8 Å². The van der Waals surface area contributed by atoms with Crippen LogP contribution in [0.1, 0.15) is 19.8 Å². The number of H-pyrrole nitrogens is 1. The number of cyclic esters (lactones) is 1. The highest BCUT2D eigenvalue weighted by Crippen LogP contribution is 2.39. The molecule has 1 aromatic heterocycles. The average molecular weight is 463 g/mol. The maximum Gasteiger partial charge on any atom is 0.309 e. The Hall–Kier alpha value is -1.99. The number of halogens is 2. The van der Waals surface area contributed by atoms with Crippen LogP contribution in [0.5, 0.6) is 0 Å². The van der Waals surface area contributed by atoms with Crippen molar-refractivity contribution in [3.63, 3.8) is 0 Å². The van der Waals surface area contributed by atoms with Gasteiger partial charge in [0.1, 0.15) is 6.10 Å². The molecule has 8 heteroatoms. The predicted octanol–water partition coefficient (Wildman–Crippen LogP) is 5.60. The lowest BCUT2D eigenvalue weighted by Gasteiger charge is -2.32. The van der Waals surface area contributed by atoms with Crippen LogP contribution in [-0.2, 0) is 9.53 Å². The Balaban J connectivity index is 1.65. The number of aromatic amines is 1. The van der Waals surface area contributed by atoms with Gasteiger partial charge in [-0.15, -0.1) is 0 Å². The minimum absolute atomic E-state index is 0.0161. The Morgan fingerprint density at radius 3 is 2.43 bits per heavy atom. The first-order valence-electron chi connectivity index (χ1n) is 9.47. The number of thioether (sulfide) groups is 1. The lowest BCUT2D eigenvalue weighted by Crippen LogP contribution is -2.41. The van der Waals surface area contributed by atoms with Crippen molar-refractivity contribution >= 4 is 40.9 Å². The van der Waals surface area contributed by atoms with Crippen LogP contribution in [0.3, 0.4) is 0 Å². The molecular formula is C22H20Cl2N2O3S. The molecule has 0 unspecified atom stereocenters. The van der Waals surface area contributed by atoms with Crippen LogP contribution in [0.4, 0.5) is 0 Å². The van der Waals surface area contributed by atoms with E-state index in [2.05, 4.69) is 4.98 Å². The summed E-state index contributed by atoms with van der Waals surface area (Å²) in [6.07, 6.45) is 0.0209. The van der Waals surface area contributed by atoms with Gasteiger partial charge in [0.15, 0.2) is 5.16 Å². The molecule has 156 valence electrons. The van der Waals surface area contributed by atoms with Crippen LogP contribution in [-0.4, -0.2) is 38.5 Å². The number of nitrogens with zero attached hydrogens (tertiary/aromatic N) is 1. The van der Waals surface area contributed by atoms with Gasteiger partial charge in [-0.05, 0) is 19.1 Å². The lowest BCUT2D eigenvalue weighted by atomic mass is 9.93. The van der Waals surface area contributed by atoms with Crippen LogP contribution >= 0.6 is 35.0 Å². The van der Waals surface area contributed by atoms with Crippen molar-refractivity contribution < 1.29 is 14.6 Å². The van der Waals surface area contributed by atoms with E-state index < -0.39 is 5.60 Å². The number of nitrogens with one attached hydrogen (secondary N) is 1. The molecule has 2 N–H and O–H groups in total. The third kappa shape index (κ3) is 4.67. The Morgan fingerprint density at radius 1 is 1.17 bits per heavy atom. The summed E-state index contributed by atoms with van der Waals surface area (Å²) < 4.78 is 5.38. The lowest BCUT2D eigenvalue weighted by molar-refractivity contribution is -0.165. The fraction of sp³-hybridized carbons (Fsp3) is 0.273. The quantitative estimate of drug-likeness (QED) is 0.381. The zero-order chi connectivity index (χ0) is 21.3. The van der Waals surface area contributed by atoms with E-state index in [0.717, 1.165) is 16.8 Å². The summed E-state index contributed by atoms with van der Waals surface area (Å²) in [6, 6.07) is 15.0. The Morgan fingerprint density at radius 2 is 1.80 bits per heavy atom. The molecule has 4 rings (SSSR count). The maximum absolute atomic E-state index is 11.8. The summed E-state index contributed by atoms with van der Waals surface area (Å²) in [5.41, 5.74) is 2.03. The topological polar surface area (TPSA) is 75.2 Å². The number of aliphatic hydroxyl groups is 1. The van der Waals surface area contributed by atoms with Gasteiger partial charge in [0, 0.05) is 28.3 Å². The number of aromatic nitrogens is 2. The summed E-state index contributed by atoms with van der Waals surface area (Å²) in [6.45, 7) is 1.66. The first-order valence-corrected chi connectivity index (χ1v) is 11.2. The van der Waals surface area contributed by atoms with Crippen LogP contribution in [0.2, 0.25) is 10.0 Å². The van der Waals surface area contributed by atoms with Crippen LogP contribution in [0, 0.1) is 0 Å². The molecule has 0 saturated carbocycles. The maximum atomic E-state index is 11.8. The van der Waals surface area contributed by atoms with Gasteiger partial charge in [0.25, 0.3) is 0 Å². The molecule has 0 aliphatic carbocycles. The summed E-state index contributed by atoms with van der Waals surface area (Å²) in [5.74, 6) is 0.0871. The van der Waals surface area contributed by atoms with Crippen molar-refractivity contribution in [1.82, 2.24) is 9.97 Å². The molecule has 1 aliphatic heterocycles. The number of hydrogen-bond donors (Lipinski definition) is 2. The molecule has 1 fully saturated rings. The van der Waals surface area contributed by atoms with Crippen LogP contribution in [0.15, 0.2) is 53.7 Å². The van der Waals surface area contributed by atoms with Crippen molar-refractivity contribution in [2.75, 3.05) is 5.75 Å². The standard InChI is InChI=1S/C22H20Cl2N2O3S/c1-22(28)10-13(29-18(27)11-22)12-30-21-25-19(14-6-2-4-8-16(14)23)20(26-21)15-7-3-5-9-17(15)24/h2-9,13,28H,10-12H2,1H3,(H,25,26)/t13-,22+/m1/s1. The first-order chi connectivity index (χ1) is 14.3. The van der Waals surface area contributed by atoms with E-state index in [1.165, 1.54) is 11.8 Å². The number of hydrogen-bond acceptors (Lipinski definition) is 5. The Bertz CT molecular complexity index is 1020. The summed E-state index contributed by atoms with van der Waals surface area (Å²) in [4.78, 5) is 19.9. The molecule has 0 spiro atoms. The predicted molar refractivity (Wildman–Crippen MR) is 120 cm³/mol. The van der Waals surface area contributed by atoms with E-state index in [9.17, 15) is 9.90 Å². The van der Waals surface area contributed by atoms with Gasteiger partial charge in [-0.2, -0.15) is 0 Å². The molecular weight excluding hydrogens is 443 g/mol. The van der Waals surface area contributed by atoms with Crippen molar-refractivity contribution in [1.29, 1.82) is 0 Å². The van der Waals surface area contributed by atoms with Crippen molar-refractivity contribution in [2.45, 2.75) is 36.6 Å². The summed E-state index contributed by atoms with van der Waals surface area (Å²) in [7, 11) is 0. The number of rotatable bonds is 5. The van der Waals surface area contributed by atoms with Gasteiger partial charge in [0.05, 0.1) is 28.4 Å². The van der Waals surface area contributed by atoms with Gasteiger partial charge in [-0.3, -0.25) is 4.79 Å². The van der Waals surface area contributed by atoms with Crippen molar-refractivity contribution in [2.24, 2.45) is 0 Å². The number of carbonyl (C=O) groups excluding carboxylic acids is 1. The number of benzene rings is 2. The van der Waals surface area contributed by atoms with Gasteiger partial charge >= 0.3 is 5.97 Å². The minimum Gasteiger partial charge on any atom is -0.461 e. The van der Waals surface area contributed by atoms with Gasteiger partial charge in [-0.25, -0.2) is 4.98 Å². The van der Waals surface area contributed by atoms with E-state index in [1.807, 2.05) is 48.5 Å². The van der Waals surface area contributed by atoms with Crippen LogP contribution < -0.4 is 0 Å². The second-order valence-electron chi connectivity index (χ2n) is 7.53. The highest BCUT2D eigenvalue weighted by atomic mass is 35.5. The van der Waals surface area contributed by atoms with Gasteiger partial charge in [-0.1, -0.05) is 71.4 Å². The van der Waals surface area contributed by atoms with E-state index in [4.69, 9.17) is 32.9 Å². The number of esters is 1. The molecule has 2 aromatic carbocycles. The van der Waals surface area contributed by atoms with Gasteiger partial charge in [0.2, 0.25) is 0 Å². The molecule has 1 saturated heterocycles. The van der Waals surface area contributed by atoms with Crippen LogP contribution in [0.25, 0.3) is 22.5 Å². The zero-order valence-electron chi connectivity index (χ0n) is 16.2. The monoisotopic (exact) mass is 462 g/mol. The second kappa shape index (κ2) is 8.63. The molecule has 2 atom stereocenters. The van der Waals surface area contributed by atoms with E-state index in [0.29, 0.717) is 33.1 Å². The fourth-order valence-corrected chi connectivity index (χ4v) is 4.85. The molecule has 1 aliphatic rings. The largest absolute Gasteiger partial charge is 0.461 e. The SMILES string of the molecule is C[C@@]1(O)CC(=O)O[C@@H](CSc2nc(-c3ccccc3Cl)c(-c3ccccc3Cl)[nH]2)C1.